The maximum Gasteiger partial charge on any atom is 0.232 e. The molecule has 2 aromatic heterocycles. The van der Waals surface area contributed by atoms with Gasteiger partial charge in [0.2, 0.25) is 11.1 Å². The number of hydrogen-bond acceptors (Lipinski definition) is 5. The van der Waals surface area contributed by atoms with E-state index in [2.05, 4.69) is 16.7 Å². The van der Waals surface area contributed by atoms with E-state index in [0.717, 1.165) is 11.1 Å². The lowest BCUT2D eigenvalue weighted by molar-refractivity contribution is 0.642. The van der Waals surface area contributed by atoms with E-state index >= 15 is 0 Å². The van der Waals surface area contributed by atoms with Gasteiger partial charge < -0.3 is 10.2 Å². The fourth-order valence-corrected chi connectivity index (χ4v) is 2.54. The highest BCUT2D eigenvalue weighted by Crippen LogP contribution is 2.24. The molecule has 0 amide bonds. The molecule has 0 unspecified atom stereocenters. The lowest BCUT2D eigenvalue weighted by Crippen LogP contribution is -2.07. The smallest absolute Gasteiger partial charge is 0.232 e. The van der Waals surface area contributed by atoms with Crippen LogP contribution < -0.4 is 11.2 Å². The molecule has 0 aliphatic carbocycles. The van der Waals surface area contributed by atoms with Crippen molar-refractivity contribution in [1.29, 1.82) is 0 Å². The highest BCUT2D eigenvalue weighted by Gasteiger charge is 2.13. The quantitative estimate of drug-likeness (QED) is 0.578. The lowest BCUT2D eigenvalue weighted by Gasteiger charge is -2.07. The molecular weight excluding hydrogens is 266 g/mol. The Morgan fingerprint density at radius 2 is 2.05 bits per heavy atom. The van der Waals surface area contributed by atoms with Crippen LogP contribution in [0, 0.1) is 13.8 Å². The third kappa shape index (κ3) is 2.07. The minimum absolute atomic E-state index is 0.101. The summed E-state index contributed by atoms with van der Waals surface area (Å²) in [6.45, 7) is 7.61. The van der Waals surface area contributed by atoms with E-state index in [1.54, 1.807) is 6.07 Å². The first-order valence-electron chi connectivity index (χ1n) is 6.57. The number of pyridine rings is 1. The second-order valence-corrected chi connectivity index (χ2v) is 5.16. The van der Waals surface area contributed by atoms with E-state index in [9.17, 15) is 4.79 Å². The number of aliphatic imine (C=N–C) groups is 1. The minimum atomic E-state index is -0.101. The van der Waals surface area contributed by atoms with Gasteiger partial charge >= 0.3 is 0 Å². The predicted octanol–water partition coefficient (Wildman–Crippen LogP) is 2.74. The van der Waals surface area contributed by atoms with Gasteiger partial charge in [-0.15, -0.1) is 0 Å². The number of rotatable bonds is 2. The van der Waals surface area contributed by atoms with E-state index in [-0.39, 0.29) is 11.1 Å². The summed E-state index contributed by atoms with van der Waals surface area (Å²) in [5, 5.41) is 0.976. The largest absolute Gasteiger partial charge is 0.437 e. The first-order valence-corrected chi connectivity index (χ1v) is 6.57. The number of fused-ring (bicyclic) bond motifs is 2. The molecule has 2 heterocycles. The van der Waals surface area contributed by atoms with Crippen molar-refractivity contribution < 1.29 is 4.42 Å². The zero-order chi connectivity index (χ0) is 15.1. The van der Waals surface area contributed by atoms with Gasteiger partial charge in [0.25, 0.3) is 0 Å². The molecule has 0 fully saturated rings. The van der Waals surface area contributed by atoms with Gasteiger partial charge in [-0.25, -0.2) is 0 Å². The Hall–Kier alpha value is -2.69. The fourth-order valence-electron chi connectivity index (χ4n) is 2.54. The van der Waals surface area contributed by atoms with Crippen molar-refractivity contribution in [2.24, 2.45) is 4.99 Å². The molecule has 2 N–H and O–H groups in total. The highest BCUT2D eigenvalue weighted by atomic mass is 16.3. The summed E-state index contributed by atoms with van der Waals surface area (Å²) in [6.07, 6.45) is 0. The van der Waals surface area contributed by atoms with Crippen molar-refractivity contribution in [3.05, 3.63) is 45.1 Å². The maximum absolute atomic E-state index is 12.7. The summed E-state index contributed by atoms with van der Waals surface area (Å²) in [7, 11) is 0. The molecule has 106 valence electrons. The van der Waals surface area contributed by atoms with E-state index in [1.807, 2.05) is 26.0 Å². The van der Waals surface area contributed by atoms with Gasteiger partial charge in [-0.2, -0.15) is 4.98 Å². The molecular formula is C16H15N3O2. The standard InChI is InChI=1S/C16H15N3O2/c1-8-4-9(2)14-11(5-8)13(20)12-6-10(7-18-3)15(17)19-16(12)21-14/h4-6H,3,7H2,1-2H3,(H2,17,19). The molecule has 21 heavy (non-hydrogen) atoms. The molecule has 0 aliphatic heterocycles. The second kappa shape index (κ2) is 4.70. The molecule has 0 saturated heterocycles. The number of nitrogens with two attached hydrogens (primary N) is 1. The summed E-state index contributed by atoms with van der Waals surface area (Å²) in [5.41, 5.74) is 9.17. The molecule has 0 aliphatic rings. The molecule has 3 rings (SSSR count). The van der Waals surface area contributed by atoms with Crippen LogP contribution in [0.5, 0.6) is 0 Å². The van der Waals surface area contributed by atoms with Crippen LogP contribution >= 0.6 is 0 Å². The predicted molar refractivity (Wildman–Crippen MR) is 84.9 cm³/mol. The van der Waals surface area contributed by atoms with E-state index < -0.39 is 0 Å². The fraction of sp³-hybridized carbons (Fsp3) is 0.188. The number of hydrogen-bond donors (Lipinski definition) is 1. The van der Waals surface area contributed by atoms with Gasteiger partial charge in [0.1, 0.15) is 11.4 Å². The number of nitrogen functional groups attached to an aromatic ring is 1. The van der Waals surface area contributed by atoms with E-state index in [1.165, 1.54) is 0 Å². The minimum Gasteiger partial charge on any atom is -0.437 e. The maximum atomic E-state index is 12.7. The Bertz CT molecular complexity index is 942. The molecule has 0 saturated carbocycles. The number of aryl methyl sites for hydroxylation is 2. The van der Waals surface area contributed by atoms with Crippen molar-refractivity contribution in [2.45, 2.75) is 20.4 Å². The Labute approximate surface area is 121 Å². The molecule has 0 radical (unpaired) electrons. The van der Waals surface area contributed by atoms with Gasteiger partial charge in [-0.05, 0) is 43.8 Å². The molecule has 0 bridgehead atoms. The van der Waals surface area contributed by atoms with Crippen LogP contribution in [-0.2, 0) is 6.54 Å². The summed E-state index contributed by atoms with van der Waals surface area (Å²) in [5.74, 6) is 0.308. The van der Waals surface area contributed by atoms with Crippen molar-refractivity contribution in [3.63, 3.8) is 0 Å². The molecule has 3 aromatic rings. The summed E-state index contributed by atoms with van der Waals surface area (Å²) in [4.78, 5) is 20.7. The van der Waals surface area contributed by atoms with Crippen LogP contribution in [0.3, 0.4) is 0 Å². The topological polar surface area (TPSA) is 81.5 Å². The second-order valence-electron chi connectivity index (χ2n) is 5.16. The van der Waals surface area contributed by atoms with E-state index in [0.29, 0.717) is 34.3 Å². The average molecular weight is 281 g/mol. The van der Waals surface area contributed by atoms with Crippen LogP contribution in [-0.4, -0.2) is 11.7 Å². The van der Waals surface area contributed by atoms with Crippen molar-refractivity contribution >= 4 is 34.6 Å². The highest BCUT2D eigenvalue weighted by molar-refractivity contribution is 5.90. The first kappa shape index (κ1) is 13.3. The van der Waals surface area contributed by atoms with Crippen LogP contribution in [0.1, 0.15) is 16.7 Å². The normalized spacial score (nSPS) is 11.1. The third-order valence-corrected chi connectivity index (χ3v) is 3.49. The Balaban J connectivity index is 2.48. The van der Waals surface area contributed by atoms with Crippen LogP contribution in [0.2, 0.25) is 0 Å². The molecule has 1 aromatic carbocycles. The number of aromatic nitrogens is 1. The summed E-state index contributed by atoms with van der Waals surface area (Å²) < 4.78 is 5.79. The zero-order valence-corrected chi connectivity index (χ0v) is 11.9. The monoisotopic (exact) mass is 281 g/mol. The van der Waals surface area contributed by atoms with E-state index in [4.69, 9.17) is 10.2 Å². The molecule has 5 nitrogen and oxygen atoms in total. The Morgan fingerprint density at radius 1 is 1.29 bits per heavy atom. The summed E-state index contributed by atoms with van der Waals surface area (Å²) in [6, 6.07) is 5.49. The first-order chi connectivity index (χ1) is 10.0. The zero-order valence-electron chi connectivity index (χ0n) is 11.9. The number of benzene rings is 1. The Kier molecular flexibility index (Phi) is 2.97. The van der Waals surface area contributed by atoms with Crippen molar-refractivity contribution in [1.82, 2.24) is 4.98 Å². The van der Waals surface area contributed by atoms with Gasteiger partial charge in [0.05, 0.1) is 17.3 Å². The molecule has 5 heteroatoms. The van der Waals surface area contributed by atoms with Gasteiger partial charge in [-0.1, -0.05) is 6.07 Å². The van der Waals surface area contributed by atoms with Gasteiger partial charge in [-0.3, -0.25) is 9.79 Å². The van der Waals surface area contributed by atoms with Crippen molar-refractivity contribution in [2.75, 3.05) is 5.73 Å². The molecule has 0 spiro atoms. The lowest BCUT2D eigenvalue weighted by atomic mass is 10.1. The van der Waals surface area contributed by atoms with Crippen LogP contribution in [0.25, 0.3) is 22.1 Å². The SMILES string of the molecule is C=NCc1cc2c(=O)c3cc(C)cc(C)c3oc2nc1N. The molecule has 0 atom stereocenters. The number of nitrogens with zero attached hydrogens (tertiary/aromatic N) is 2. The van der Waals surface area contributed by atoms with Gasteiger partial charge in [0.15, 0.2) is 0 Å². The third-order valence-electron chi connectivity index (χ3n) is 3.49. The Morgan fingerprint density at radius 3 is 2.76 bits per heavy atom. The van der Waals surface area contributed by atoms with Crippen LogP contribution in [0.15, 0.2) is 32.4 Å². The number of anilines is 1. The average Bonchev–Trinajstić information content (AvgIpc) is 2.42. The van der Waals surface area contributed by atoms with Crippen molar-refractivity contribution in [3.8, 4) is 0 Å². The van der Waals surface area contributed by atoms with Crippen LogP contribution in [0.4, 0.5) is 5.82 Å². The van der Waals surface area contributed by atoms with Gasteiger partial charge in [0, 0.05) is 5.56 Å². The summed E-state index contributed by atoms with van der Waals surface area (Å²) >= 11 is 0.